The van der Waals surface area contributed by atoms with Gasteiger partial charge in [0, 0.05) is 13.1 Å². The molecule has 1 aliphatic carbocycles. The Labute approximate surface area is 147 Å². The average molecular weight is 344 g/mol. The minimum Gasteiger partial charge on any atom is -0.493 e. The number of hydrogen-bond acceptors (Lipinski definition) is 5. The molecule has 134 valence electrons. The smallest absolute Gasteiger partial charge is 0.324 e. The molecule has 2 fully saturated rings. The Morgan fingerprint density at radius 3 is 2.44 bits per heavy atom. The van der Waals surface area contributed by atoms with Gasteiger partial charge >= 0.3 is 5.97 Å². The summed E-state index contributed by atoms with van der Waals surface area (Å²) < 4.78 is 11.0. The van der Waals surface area contributed by atoms with Crippen LogP contribution in [0.1, 0.15) is 38.2 Å². The van der Waals surface area contributed by atoms with E-state index in [1.165, 1.54) is 0 Å². The Balaban J connectivity index is 1.83. The summed E-state index contributed by atoms with van der Waals surface area (Å²) in [6.45, 7) is 3.67. The lowest BCUT2D eigenvalue weighted by molar-refractivity contribution is -0.145. The van der Waals surface area contributed by atoms with Crippen LogP contribution < -0.4 is 9.47 Å². The van der Waals surface area contributed by atoms with Gasteiger partial charge in [-0.3, -0.25) is 9.69 Å². The highest BCUT2D eigenvalue weighted by Crippen LogP contribution is 2.47. The minimum absolute atomic E-state index is 0.522. The van der Waals surface area contributed by atoms with Gasteiger partial charge in [0.1, 0.15) is 5.54 Å². The van der Waals surface area contributed by atoms with Crippen LogP contribution in [-0.2, 0) is 10.2 Å². The fourth-order valence-corrected chi connectivity index (χ4v) is 3.81. The van der Waals surface area contributed by atoms with Crippen LogP contribution in [0.25, 0.3) is 0 Å². The van der Waals surface area contributed by atoms with Crippen LogP contribution in [0.5, 0.6) is 11.5 Å². The topological polar surface area (TPSA) is 82.8 Å². The fourth-order valence-electron chi connectivity index (χ4n) is 3.81. The van der Waals surface area contributed by atoms with E-state index in [-0.39, 0.29) is 0 Å². The highest BCUT2D eigenvalue weighted by molar-refractivity contribution is 5.82. The molecule has 6 heteroatoms. The molecule has 0 radical (unpaired) electrons. The van der Waals surface area contributed by atoms with Crippen LogP contribution in [0.4, 0.5) is 0 Å². The summed E-state index contributed by atoms with van der Waals surface area (Å²) in [5.74, 6) is 0.558. The molecule has 3 rings (SSSR count). The molecular weight excluding hydrogens is 320 g/mol. The van der Waals surface area contributed by atoms with Crippen LogP contribution in [0.15, 0.2) is 18.2 Å². The summed E-state index contributed by atoms with van der Waals surface area (Å²) in [7, 11) is 1.59. The van der Waals surface area contributed by atoms with Gasteiger partial charge in [0.2, 0.25) is 0 Å². The molecule has 0 unspecified atom stereocenters. The van der Waals surface area contributed by atoms with E-state index >= 15 is 0 Å². The summed E-state index contributed by atoms with van der Waals surface area (Å²) in [5.41, 5.74) is -0.375. The normalized spacial score (nSPS) is 21.2. The van der Waals surface area contributed by atoms with E-state index in [9.17, 15) is 15.2 Å². The number of benzene rings is 1. The van der Waals surface area contributed by atoms with Crippen LogP contribution in [0, 0.1) is 11.3 Å². The number of aliphatic carboxylic acids is 1. The number of carboxylic acids is 1. The molecule has 1 aromatic carbocycles. The maximum atomic E-state index is 11.5. The van der Waals surface area contributed by atoms with Gasteiger partial charge in [-0.15, -0.1) is 0 Å². The van der Waals surface area contributed by atoms with E-state index in [0.29, 0.717) is 56.9 Å². The lowest BCUT2D eigenvalue weighted by Crippen LogP contribution is -2.51. The van der Waals surface area contributed by atoms with Crippen molar-refractivity contribution in [2.45, 2.75) is 43.6 Å². The Morgan fingerprint density at radius 2 is 1.96 bits per heavy atom. The van der Waals surface area contributed by atoms with Crippen molar-refractivity contribution >= 4 is 5.97 Å². The van der Waals surface area contributed by atoms with Crippen LogP contribution >= 0.6 is 0 Å². The van der Waals surface area contributed by atoms with Crippen molar-refractivity contribution in [1.82, 2.24) is 4.90 Å². The number of nitriles is 1. The Kier molecular flexibility index (Phi) is 4.61. The van der Waals surface area contributed by atoms with E-state index in [2.05, 4.69) is 6.07 Å². The van der Waals surface area contributed by atoms with Gasteiger partial charge in [0.05, 0.1) is 25.2 Å². The van der Waals surface area contributed by atoms with Gasteiger partial charge in [0.25, 0.3) is 0 Å². The molecule has 0 aromatic heterocycles. The molecule has 0 spiro atoms. The molecule has 1 saturated carbocycles. The second-order valence-corrected chi connectivity index (χ2v) is 6.82. The third-order valence-corrected chi connectivity index (χ3v) is 5.57. The molecule has 1 heterocycles. The molecule has 1 aliphatic heterocycles. The summed E-state index contributed by atoms with van der Waals surface area (Å²) >= 11 is 0. The van der Waals surface area contributed by atoms with Gasteiger partial charge < -0.3 is 14.6 Å². The predicted molar refractivity (Wildman–Crippen MR) is 91.9 cm³/mol. The molecule has 1 saturated heterocycles. The second-order valence-electron chi connectivity index (χ2n) is 6.82. The second kappa shape index (κ2) is 6.57. The number of rotatable bonds is 6. The monoisotopic (exact) mass is 344 g/mol. The first kappa shape index (κ1) is 17.6. The van der Waals surface area contributed by atoms with Gasteiger partial charge in [0.15, 0.2) is 11.5 Å². The largest absolute Gasteiger partial charge is 0.493 e. The maximum absolute atomic E-state index is 11.5. The number of likely N-dealkylation sites (tertiary alicyclic amines) is 1. The van der Waals surface area contributed by atoms with Crippen molar-refractivity contribution in [1.29, 1.82) is 5.26 Å². The molecule has 0 bridgehead atoms. The lowest BCUT2D eigenvalue weighted by atomic mass is 9.73. The summed E-state index contributed by atoms with van der Waals surface area (Å²) in [4.78, 5) is 13.6. The first-order chi connectivity index (χ1) is 12.0. The lowest BCUT2D eigenvalue weighted by Gasteiger charge is -2.40. The summed E-state index contributed by atoms with van der Waals surface area (Å²) in [6.07, 6.45) is 2.66. The van der Waals surface area contributed by atoms with Crippen molar-refractivity contribution in [3.63, 3.8) is 0 Å². The van der Waals surface area contributed by atoms with Crippen LogP contribution in [-0.4, -0.2) is 48.3 Å². The number of nitrogens with zero attached hydrogens (tertiary/aromatic N) is 2. The van der Waals surface area contributed by atoms with Gasteiger partial charge in [-0.05, 0) is 50.3 Å². The quantitative estimate of drug-likeness (QED) is 0.854. The van der Waals surface area contributed by atoms with Gasteiger partial charge in [-0.25, -0.2) is 0 Å². The van der Waals surface area contributed by atoms with E-state index in [1.54, 1.807) is 7.11 Å². The van der Waals surface area contributed by atoms with Crippen molar-refractivity contribution < 1.29 is 19.4 Å². The number of piperidine rings is 1. The SMILES string of the molecule is CCOc1cc(C2(C#N)CCN(C3(C(=O)O)CC3)CC2)ccc1OC. The molecule has 0 amide bonds. The number of ether oxygens (including phenoxy) is 2. The molecule has 0 atom stereocenters. The minimum atomic E-state index is -0.736. The van der Waals surface area contributed by atoms with Crippen molar-refractivity contribution in [3.8, 4) is 17.6 Å². The Morgan fingerprint density at radius 1 is 1.28 bits per heavy atom. The zero-order valence-corrected chi connectivity index (χ0v) is 14.7. The number of carboxylic acid groups (broad SMARTS) is 1. The standard InChI is InChI=1S/C19H24N2O4/c1-3-25-16-12-14(4-5-15(16)24-2)18(13-20)8-10-21(11-9-18)19(6-7-19)17(22)23/h4-5,12H,3,6-11H2,1-2H3,(H,22,23). The van der Waals surface area contributed by atoms with Crippen molar-refractivity contribution in [3.05, 3.63) is 23.8 Å². The van der Waals surface area contributed by atoms with Crippen LogP contribution in [0.2, 0.25) is 0 Å². The highest BCUT2D eigenvalue weighted by Gasteiger charge is 2.56. The summed E-state index contributed by atoms with van der Waals surface area (Å²) in [5, 5.41) is 19.4. The highest BCUT2D eigenvalue weighted by atomic mass is 16.5. The molecule has 2 aliphatic rings. The van der Waals surface area contributed by atoms with E-state index < -0.39 is 16.9 Å². The molecule has 1 N–H and O–H groups in total. The number of hydrogen-bond donors (Lipinski definition) is 1. The van der Waals surface area contributed by atoms with E-state index in [4.69, 9.17) is 9.47 Å². The van der Waals surface area contributed by atoms with E-state index in [1.807, 2.05) is 30.0 Å². The first-order valence-corrected chi connectivity index (χ1v) is 8.72. The van der Waals surface area contributed by atoms with Crippen LogP contribution in [0.3, 0.4) is 0 Å². The first-order valence-electron chi connectivity index (χ1n) is 8.72. The average Bonchev–Trinajstić information content (AvgIpc) is 3.44. The van der Waals surface area contributed by atoms with Gasteiger partial charge in [-0.2, -0.15) is 5.26 Å². The predicted octanol–water partition coefficient (Wildman–Crippen LogP) is 2.57. The maximum Gasteiger partial charge on any atom is 0.324 e. The zero-order chi connectivity index (χ0) is 18.1. The molecular formula is C19H24N2O4. The van der Waals surface area contributed by atoms with Gasteiger partial charge in [-0.1, -0.05) is 6.07 Å². The molecule has 1 aromatic rings. The zero-order valence-electron chi connectivity index (χ0n) is 14.7. The van der Waals surface area contributed by atoms with E-state index in [0.717, 1.165) is 5.56 Å². The number of carbonyl (C=O) groups is 1. The molecule has 6 nitrogen and oxygen atoms in total. The third kappa shape index (κ3) is 2.93. The third-order valence-electron chi connectivity index (χ3n) is 5.57. The Hall–Kier alpha value is -2.26. The van der Waals surface area contributed by atoms with Crippen molar-refractivity contribution in [2.24, 2.45) is 0 Å². The fraction of sp³-hybridized carbons (Fsp3) is 0.579. The Bertz CT molecular complexity index is 698. The van der Waals surface area contributed by atoms with Crippen molar-refractivity contribution in [2.75, 3.05) is 26.8 Å². The number of methoxy groups -OCH3 is 1. The summed E-state index contributed by atoms with van der Waals surface area (Å²) in [6, 6.07) is 8.15. The molecule has 25 heavy (non-hydrogen) atoms.